The van der Waals surface area contributed by atoms with Crippen molar-refractivity contribution in [1.82, 2.24) is 5.32 Å². The van der Waals surface area contributed by atoms with E-state index in [0.717, 1.165) is 25.1 Å². The molecule has 1 aromatic rings. The first-order chi connectivity index (χ1) is 6.68. The van der Waals surface area contributed by atoms with E-state index in [1.165, 1.54) is 0 Å². The highest BCUT2D eigenvalue weighted by molar-refractivity contribution is 5.24. The molecule has 0 saturated carbocycles. The average Bonchev–Trinajstić information content (AvgIpc) is 2.66. The molecule has 1 fully saturated rings. The van der Waals surface area contributed by atoms with Crippen LogP contribution in [0.15, 0.2) is 12.1 Å². The maximum Gasteiger partial charge on any atom is 0.194 e. The first-order valence-corrected chi connectivity index (χ1v) is 4.53. The number of rotatable bonds is 1. The Morgan fingerprint density at radius 2 is 1.79 bits per heavy atom. The van der Waals surface area contributed by atoms with Crippen molar-refractivity contribution in [3.8, 4) is 0 Å². The summed E-state index contributed by atoms with van der Waals surface area (Å²) < 4.78 is 38.3. The Morgan fingerprint density at radius 1 is 1.14 bits per heavy atom. The normalized spacial score (nSPS) is 21.5. The summed E-state index contributed by atoms with van der Waals surface area (Å²) in [5.74, 6) is -3.50. The van der Waals surface area contributed by atoms with E-state index in [1.54, 1.807) is 0 Å². The number of nitrogens with one attached hydrogen (secondary N) is 1. The SMILES string of the molecule is Fc1cc([C@@H]2CCNC2)cc(F)c1F. The summed E-state index contributed by atoms with van der Waals surface area (Å²) in [7, 11) is 0. The highest BCUT2D eigenvalue weighted by atomic mass is 19.2. The molecule has 1 saturated heterocycles. The maximum atomic E-state index is 12.9. The molecular formula is C10H10F3N. The van der Waals surface area contributed by atoms with Crippen LogP contribution in [0.4, 0.5) is 13.2 Å². The molecule has 1 atom stereocenters. The first kappa shape index (κ1) is 9.52. The van der Waals surface area contributed by atoms with Gasteiger partial charge in [0.25, 0.3) is 0 Å². The summed E-state index contributed by atoms with van der Waals surface area (Å²) in [6.45, 7) is 1.54. The third kappa shape index (κ3) is 1.62. The van der Waals surface area contributed by atoms with Crippen molar-refractivity contribution in [2.45, 2.75) is 12.3 Å². The molecule has 1 nitrogen and oxygen atoms in total. The molecule has 1 aliphatic rings. The fourth-order valence-corrected chi connectivity index (χ4v) is 1.75. The molecule has 2 rings (SSSR count). The van der Waals surface area contributed by atoms with E-state index >= 15 is 0 Å². The van der Waals surface area contributed by atoms with E-state index in [2.05, 4.69) is 5.32 Å². The Labute approximate surface area is 79.9 Å². The van der Waals surface area contributed by atoms with Gasteiger partial charge in [0.1, 0.15) is 0 Å². The van der Waals surface area contributed by atoms with Crippen LogP contribution in [0.1, 0.15) is 17.9 Å². The molecule has 0 amide bonds. The van der Waals surface area contributed by atoms with E-state index in [0.29, 0.717) is 12.1 Å². The fourth-order valence-electron chi connectivity index (χ4n) is 1.75. The predicted molar refractivity (Wildman–Crippen MR) is 46.5 cm³/mol. The molecule has 76 valence electrons. The summed E-state index contributed by atoms with van der Waals surface area (Å²) in [4.78, 5) is 0. The van der Waals surface area contributed by atoms with E-state index in [-0.39, 0.29) is 5.92 Å². The van der Waals surface area contributed by atoms with Crippen molar-refractivity contribution in [2.24, 2.45) is 0 Å². The van der Waals surface area contributed by atoms with Gasteiger partial charge in [0.2, 0.25) is 0 Å². The molecular weight excluding hydrogens is 191 g/mol. The van der Waals surface area contributed by atoms with Crippen molar-refractivity contribution in [3.05, 3.63) is 35.1 Å². The van der Waals surface area contributed by atoms with Gasteiger partial charge in [0.05, 0.1) is 0 Å². The van der Waals surface area contributed by atoms with Gasteiger partial charge in [-0.25, -0.2) is 13.2 Å². The van der Waals surface area contributed by atoms with Gasteiger partial charge < -0.3 is 5.32 Å². The standard InChI is InChI=1S/C10H10F3N/c11-8-3-7(4-9(12)10(8)13)6-1-2-14-5-6/h3-4,6,14H,1-2,5H2/t6-/m1/s1. The van der Waals surface area contributed by atoms with Crippen LogP contribution in [0, 0.1) is 17.5 Å². The average molecular weight is 201 g/mol. The summed E-state index contributed by atoms with van der Waals surface area (Å²) in [6, 6.07) is 2.16. The van der Waals surface area contributed by atoms with Crippen LogP contribution in [0.5, 0.6) is 0 Å². The Bertz CT molecular complexity index is 322. The van der Waals surface area contributed by atoms with Gasteiger partial charge in [-0.1, -0.05) is 0 Å². The molecule has 0 bridgehead atoms. The summed E-state index contributed by atoms with van der Waals surface area (Å²) in [5, 5.41) is 3.09. The molecule has 0 aromatic heterocycles. The van der Waals surface area contributed by atoms with E-state index < -0.39 is 17.5 Å². The maximum absolute atomic E-state index is 12.9. The smallest absolute Gasteiger partial charge is 0.194 e. The molecule has 0 radical (unpaired) electrons. The van der Waals surface area contributed by atoms with Crippen LogP contribution < -0.4 is 5.32 Å². The third-order valence-corrected chi connectivity index (χ3v) is 2.54. The predicted octanol–water partition coefficient (Wildman–Crippen LogP) is 2.18. The van der Waals surface area contributed by atoms with Crippen molar-refractivity contribution < 1.29 is 13.2 Å². The van der Waals surface area contributed by atoms with Gasteiger partial charge in [0.15, 0.2) is 17.5 Å². The number of hydrogen-bond donors (Lipinski definition) is 1. The number of halogens is 3. The summed E-state index contributed by atoms with van der Waals surface area (Å²) >= 11 is 0. The zero-order chi connectivity index (χ0) is 10.1. The quantitative estimate of drug-likeness (QED) is 0.687. The molecule has 1 aromatic carbocycles. The van der Waals surface area contributed by atoms with Crippen molar-refractivity contribution in [1.29, 1.82) is 0 Å². The van der Waals surface area contributed by atoms with Gasteiger partial charge >= 0.3 is 0 Å². The summed E-state index contributed by atoms with van der Waals surface area (Å²) in [6.07, 6.45) is 0.838. The lowest BCUT2D eigenvalue weighted by Gasteiger charge is -2.09. The largest absolute Gasteiger partial charge is 0.316 e. The molecule has 4 heteroatoms. The molecule has 14 heavy (non-hydrogen) atoms. The molecule has 1 aliphatic heterocycles. The van der Waals surface area contributed by atoms with Crippen LogP contribution in [0.2, 0.25) is 0 Å². The number of hydrogen-bond acceptors (Lipinski definition) is 1. The highest BCUT2D eigenvalue weighted by Crippen LogP contribution is 2.25. The van der Waals surface area contributed by atoms with E-state index in [9.17, 15) is 13.2 Å². The third-order valence-electron chi connectivity index (χ3n) is 2.54. The lowest BCUT2D eigenvalue weighted by atomic mass is 9.98. The van der Waals surface area contributed by atoms with E-state index in [4.69, 9.17) is 0 Å². The van der Waals surface area contributed by atoms with Crippen molar-refractivity contribution >= 4 is 0 Å². The summed E-state index contributed by atoms with van der Waals surface area (Å²) in [5.41, 5.74) is 0.534. The zero-order valence-electron chi connectivity index (χ0n) is 7.49. The van der Waals surface area contributed by atoms with Gasteiger partial charge in [-0.05, 0) is 36.6 Å². The minimum atomic E-state index is -1.39. The minimum Gasteiger partial charge on any atom is -0.316 e. The van der Waals surface area contributed by atoms with Crippen LogP contribution >= 0.6 is 0 Å². The Balaban J connectivity index is 2.34. The first-order valence-electron chi connectivity index (χ1n) is 4.53. The van der Waals surface area contributed by atoms with Gasteiger partial charge in [-0.2, -0.15) is 0 Å². The lowest BCUT2D eigenvalue weighted by molar-refractivity contribution is 0.444. The van der Waals surface area contributed by atoms with E-state index in [1.807, 2.05) is 0 Å². The Kier molecular flexibility index (Phi) is 2.46. The lowest BCUT2D eigenvalue weighted by Crippen LogP contribution is -2.08. The second-order valence-corrected chi connectivity index (χ2v) is 3.49. The zero-order valence-corrected chi connectivity index (χ0v) is 7.49. The monoisotopic (exact) mass is 201 g/mol. The van der Waals surface area contributed by atoms with Gasteiger partial charge in [-0.15, -0.1) is 0 Å². The Morgan fingerprint density at radius 3 is 2.29 bits per heavy atom. The minimum absolute atomic E-state index is 0.0969. The van der Waals surface area contributed by atoms with Crippen LogP contribution in [0.25, 0.3) is 0 Å². The molecule has 1 heterocycles. The van der Waals surface area contributed by atoms with Gasteiger partial charge in [0, 0.05) is 6.54 Å². The molecule has 1 N–H and O–H groups in total. The molecule has 0 spiro atoms. The van der Waals surface area contributed by atoms with Crippen LogP contribution in [0.3, 0.4) is 0 Å². The Hall–Kier alpha value is -1.03. The second kappa shape index (κ2) is 3.61. The molecule has 0 unspecified atom stereocenters. The topological polar surface area (TPSA) is 12.0 Å². The van der Waals surface area contributed by atoms with Crippen LogP contribution in [-0.2, 0) is 0 Å². The van der Waals surface area contributed by atoms with Crippen molar-refractivity contribution in [3.63, 3.8) is 0 Å². The second-order valence-electron chi connectivity index (χ2n) is 3.49. The fraction of sp³-hybridized carbons (Fsp3) is 0.400. The highest BCUT2D eigenvalue weighted by Gasteiger charge is 2.20. The number of benzene rings is 1. The van der Waals surface area contributed by atoms with Crippen molar-refractivity contribution in [2.75, 3.05) is 13.1 Å². The molecule has 0 aliphatic carbocycles. The van der Waals surface area contributed by atoms with Crippen LogP contribution in [-0.4, -0.2) is 13.1 Å². The van der Waals surface area contributed by atoms with Gasteiger partial charge in [-0.3, -0.25) is 0 Å².